The topological polar surface area (TPSA) is 79.9 Å². The van der Waals surface area contributed by atoms with Crippen LogP contribution in [0.1, 0.15) is 32.1 Å². The van der Waals surface area contributed by atoms with Crippen LogP contribution in [0, 0.1) is 5.92 Å². The molecule has 0 aromatic heterocycles. The molecular formula is C12H24IN3O2. The third kappa shape index (κ3) is 4.89. The van der Waals surface area contributed by atoms with Crippen LogP contribution in [0.25, 0.3) is 0 Å². The minimum Gasteiger partial charge on any atom is -0.388 e. The molecule has 0 amide bonds. The van der Waals surface area contributed by atoms with Gasteiger partial charge in [-0.15, -0.1) is 24.0 Å². The molecule has 1 saturated carbocycles. The van der Waals surface area contributed by atoms with E-state index < -0.39 is 5.60 Å². The van der Waals surface area contributed by atoms with Gasteiger partial charge in [-0.1, -0.05) is 6.42 Å². The maximum absolute atomic E-state index is 10.2. The van der Waals surface area contributed by atoms with Crippen molar-refractivity contribution in [3.63, 3.8) is 0 Å². The number of aliphatic imine (C=N–C) groups is 1. The molecule has 0 aromatic carbocycles. The van der Waals surface area contributed by atoms with Crippen LogP contribution < -0.4 is 11.1 Å². The van der Waals surface area contributed by atoms with Crippen LogP contribution in [0.15, 0.2) is 4.99 Å². The first-order valence-corrected chi connectivity index (χ1v) is 6.52. The van der Waals surface area contributed by atoms with Crippen molar-refractivity contribution in [2.45, 2.75) is 37.7 Å². The summed E-state index contributed by atoms with van der Waals surface area (Å²) in [6.45, 7) is 2.51. The Morgan fingerprint density at radius 1 is 1.39 bits per heavy atom. The summed E-state index contributed by atoms with van der Waals surface area (Å²) in [4.78, 5) is 4.23. The highest BCUT2D eigenvalue weighted by Crippen LogP contribution is 2.25. The van der Waals surface area contributed by atoms with Gasteiger partial charge in [0.2, 0.25) is 0 Å². The molecular weight excluding hydrogens is 345 g/mol. The Morgan fingerprint density at radius 3 is 2.61 bits per heavy atom. The molecule has 0 spiro atoms. The predicted octanol–water partition coefficient (Wildman–Crippen LogP) is 0.850. The number of aliphatic hydroxyl groups is 1. The summed E-state index contributed by atoms with van der Waals surface area (Å²) in [6.07, 6.45) is 5.21. The maximum atomic E-state index is 10.2. The van der Waals surface area contributed by atoms with E-state index in [0.29, 0.717) is 38.6 Å². The quantitative estimate of drug-likeness (QED) is 0.390. The first-order valence-electron chi connectivity index (χ1n) is 6.52. The largest absolute Gasteiger partial charge is 0.388 e. The van der Waals surface area contributed by atoms with E-state index in [0.717, 1.165) is 12.5 Å². The van der Waals surface area contributed by atoms with E-state index in [1.165, 1.54) is 19.3 Å². The first-order chi connectivity index (χ1) is 8.18. The number of ether oxygens (including phenoxy) is 1. The molecule has 0 radical (unpaired) electrons. The Labute approximate surface area is 126 Å². The SMILES string of the molecule is I.NC(=NCC1(O)CCOCC1)NCC1CCC1. The van der Waals surface area contributed by atoms with Crippen molar-refractivity contribution >= 4 is 29.9 Å². The Hall–Kier alpha value is -0.0800. The summed E-state index contributed by atoms with van der Waals surface area (Å²) in [5.41, 5.74) is 5.05. The molecule has 0 unspecified atom stereocenters. The van der Waals surface area contributed by atoms with E-state index in [-0.39, 0.29) is 24.0 Å². The maximum Gasteiger partial charge on any atom is 0.188 e. The van der Waals surface area contributed by atoms with Crippen LogP contribution in [0.3, 0.4) is 0 Å². The molecule has 4 N–H and O–H groups in total. The van der Waals surface area contributed by atoms with Gasteiger partial charge in [-0.05, 0) is 18.8 Å². The van der Waals surface area contributed by atoms with E-state index in [1.807, 2.05) is 0 Å². The summed E-state index contributed by atoms with van der Waals surface area (Å²) in [5.74, 6) is 1.21. The number of hydrogen-bond acceptors (Lipinski definition) is 3. The van der Waals surface area contributed by atoms with Gasteiger partial charge in [0.05, 0.1) is 12.1 Å². The molecule has 1 heterocycles. The third-order valence-electron chi connectivity index (χ3n) is 3.76. The van der Waals surface area contributed by atoms with Crippen molar-refractivity contribution in [3.05, 3.63) is 0 Å². The van der Waals surface area contributed by atoms with Gasteiger partial charge in [-0.2, -0.15) is 0 Å². The second-order valence-corrected chi connectivity index (χ2v) is 5.22. The number of guanidine groups is 1. The first kappa shape index (κ1) is 16.0. The van der Waals surface area contributed by atoms with Crippen LogP contribution in [0.2, 0.25) is 0 Å². The van der Waals surface area contributed by atoms with Crippen molar-refractivity contribution in [1.82, 2.24) is 5.32 Å². The van der Waals surface area contributed by atoms with Crippen LogP contribution in [0.4, 0.5) is 0 Å². The van der Waals surface area contributed by atoms with Crippen molar-refractivity contribution in [3.8, 4) is 0 Å². The van der Waals surface area contributed by atoms with Gasteiger partial charge in [0, 0.05) is 32.6 Å². The summed E-state index contributed by atoms with van der Waals surface area (Å²) in [7, 11) is 0. The van der Waals surface area contributed by atoms with Gasteiger partial charge in [0.15, 0.2) is 5.96 Å². The van der Waals surface area contributed by atoms with Crippen molar-refractivity contribution < 1.29 is 9.84 Å². The number of nitrogens with one attached hydrogen (secondary N) is 1. The van der Waals surface area contributed by atoms with E-state index in [2.05, 4.69) is 10.3 Å². The number of rotatable bonds is 4. The minimum absolute atomic E-state index is 0. The lowest BCUT2D eigenvalue weighted by molar-refractivity contribution is -0.0565. The number of nitrogens with zero attached hydrogens (tertiary/aromatic N) is 1. The lowest BCUT2D eigenvalue weighted by atomic mass is 9.85. The molecule has 2 aliphatic rings. The van der Waals surface area contributed by atoms with Gasteiger partial charge < -0.3 is 20.9 Å². The number of nitrogens with two attached hydrogens (primary N) is 1. The molecule has 0 aromatic rings. The molecule has 1 aliphatic heterocycles. The molecule has 106 valence electrons. The highest BCUT2D eigenvalue weighted by atomic mass is 127. The highest BCUT2D eigenvalue weighted by Gasteiger charge is 2.29. The Morgan fingerprint density at radius 2 is 2.06 bits per heavy atom. The fourth-order valence-electron chi connectivity index (χ4n) is 2.14. The molecule has 2 rings (SSSR count). The summed E-state index contributed by atoms with van der Waals surface area (Å²) >= 11 is 0. The normalized spacial score (nSPS) is 23.9. The van der Waals surface area contributed by atoms with Crippen LogP contribution >= 0.6 is 24.0 Å². The molecule has 1 aliphatic carbocycles. The second kappa shape index (κ2) is 7.49. The zero-order valence-electron chi connectivity index (χ0n) is 10.7. The van der Waals surface area contributed by atoms with Gasteiger partial charge in [0.1, 0.15) is 0 Å². The summed E-state index contributed by atoms with van der Waals surface area (Å²) in [5, 5.41) is 13.3. The van der Waals surface area contributed by atoms with E-state index >= 15 is 0 Å². The lowest BCUT2D eigenvalue weighted by Gasteiger charge is -2.30. The van der Waals surface area contributed by atoms with Crippen molar-refractivity contribution in [1.29, 1.82) is 0 Å². The Bertz CT molecular complexity index is 276. The lowest BCUT2D eigenvalue weighted by Crippen LogP contribution is -2.42. The van der Waals surface area contributed by atoms with Crippen LogP contribution in [0.5, 0.6) is 0 Å². The smallest absolute Gasteiger partial charge is 0.188 e. The molecule has 5 nitrogen and oxygen atoms in total. The number of hydrogen-bond donors (Lipinski definition) is 3. The second-order valence-electron chi connectivity index (χ2n) is 5.22. The molecule has 2 fully saturated rings. The fraction of sp³-hybridized carbons (Fsp3) is 0.917. The molecule has 18 heavy (non-hydrogen) atoms. The van der Waals surface area contributed by atoms with E-state index in [1.54, 1.807) is 0 Å². The standard InChI is InChI=1S/C12H23N3O2.HI/c13-11(14-8-10-2-1-3-10)15-9-12(16)4-6-17-7-5-12;/h10,16H,1-9H2,(H3,13,14,15);1H. The van der Waals surface area contributed by atoms with E-state index in [9.17, 15) is 5.11 Å². The Kier molecular flexibility index (Phi) is 6.65. The third-order valence-corrected chi connectivity index (χ3v) is 3.76. The monoisotopic (exact) mass is 369 g/mol. The van der Waals surface area contributed by atoms with Crippen LogP contribution in [-0.4, -0.2) is 43.0 Å². The number of halogens is 1. The van der Waals surface area contributed by atoms with Gasteiger partial charge in [-0.25, -0.2) is 0 Å². The highest BCUT2D eigenvalue weighted by molar-refractivity contribution is 14.0. The summed E-state index contributed by atoms with van der Waals surface area (Å²) in [6, 6.07) is 0. The Balaban J connectivity index is 0.00000162. The van der Waals surface area contributed by atoms with Gasteiger partial charge in [0.25, 0.3) is 0 Å². The fourth-order valence-corrected chi connectivity index (χ4v) is 2.14. The zero-order valence-corrected chi connectivity index (χ0v) is 13.1. The molecule has 0 atom stereocenters. The molecule has 0 bridgehead atoms. The average molecular weight is 369 g/mol. The molecule has 6 heteroatoms. The van der Waals surface area contributed by atoms with Gasteiger partial charge in [-0.3, -0.25) is 4.99 Å². The minimum atomic E-state index is -0.721. The van der Waals surface area contributed by atoms with E-state index in [4.69, 9.17) is 10.5 Å². The summed E-state index contributed by atoms with van der Waals surface area (Å²) < 4.78 is 5.22. The van der Waals surface area contributed by atoms with Gasteiger partial charge >= 0.3 is 0 Å². The zero-order chi connectivity index (χ0) is 12.1. The van der Waals surface area contributed by atoms with Crippen molar-refractivity contribution in [2.75, 3.05) is 26.3 Å². The molecule has 1 saturated heterocycles. The van der Waals surface area contributed by atoms with Crippen LogP contribution in [-0.2, 0) is 4.74 Å². The predicted molar refractivity (Wildman–Crippen MR) is 82.3 cm³/mol. The average Bonchev–Trinajstić information content (AvgIpc) is 2.26. The van der Waals surface area contributed by atoms with Crippen molar-refractivity contribution in [2.24, 2.45) is 16.6 Å².